The maximum Gasteiger partial charge on any atom is 0.161 e. The van der Waals surface area contributed by atoms with Crippen LogP contribution in [0.4, 0.5) is 0 Å². The highest BCUT2D eigenvalue weighted by Gasteiger charge is 2.24. The van der Waals surface area contributed by atoms with Gasteiger partial charge in [0.25, 0.3) is 0 Å². The van der Waals surface area contributed by atoms with E-state index in [0.29, 0.717) is 24.2 Å². The van der Waals surface area contributed by atoms with Gasteiger partial charge in [0.1, 0.15) is 0 Å². The van der Waals surface area contributed by atoms with E-state index in [1.54, 1.807) is 0 Å². The summed E-state index contributed by atoms with van der Waals surface area (Å²) in [4.78, 5) is 0. The number of hydrogen-bond acceptors (Lipinski definition) is 4. The second-order valence-electron chi connectivity index (χ2n) is 5.82. The Labute approximate surface area is 128 Å². The molecular formula is C16H23NO3S. The van der Waals surface area contributed by atoms with Crippen LogP contribution in [-0.2, 0) is 10.8 Å². The van der Waals surface area contributed by atoms with Gasteiger partial charge in [0.15, 0.2) is 11.5 Å². The Morgan fingerprint density at radius 3 is 2.62 bits per heavy atom. The second kappa shape index (κ2) is 6.79. The molecule has 116 valence electrons. The molecule has 5 heteroatoms. The molecule has 1 saturated carbocycles. The van der Waals surface area contributed by atoms with Gasteiger partial charge in [0.2, 0.25) is 0 Å². The van der Waals surface area contributed by atoms with Crippen molar-refractivity contribution in [1.82, 2.24) is 0 Å². The maximum atomic E-state index is 12.3. The normalized spacial score (nSPS) is 21.8. The van der Waals surface area contributed by atoms with Crippen LogP contribution in [0.25, 0.3) is 0 Å². The van der Waals surface area contributed by atoms with E-state index in [9.17, 15) is 4.21 Å². The number of fused-ring (bicyclic) bond motifs is 1. The molecule has 1 heterocycles. The van der Waals surface area contributed by atoms with Crippen molar-refractivity contribution in [2.75, 3.05) is 19.0 Å². The standard InChI is InChI=1S/C16H23NO3S/c17-14(11-21(18)13-4-1-2-5-13)12-6-7-15-16(10-12)20-9-3-8-19-15/h6-7,10,13-14H,1-5,8-9,11,17H2. The molecular weight excluding hydrogens is 286 g/mol. The third-order valence-electron chi connectivity index (χ3n) is 4.22. The number of rotatable bonds is 4. The van der Waals surface area contributed by atoms with Crippen LogP contribution < -0.4 is 15.2 Å². The fourth-order valence-electron chi connectivity index (χ4n) is 2.97. The smallest absolute Gasteiger partial charge is 0.161 e. The summed E-state index contributed by atoms with van der Waals surface area (Å²) in [5.74, 6) is 2.07. The Balaban J connectivity index is 1.68. The van der Waals surface area contributed by atoms with Crippen molar-refractivity contribution in [2.45, 2.75) is 43.4 Å². The highest BCUT2D eigenvalue weighted by molar-refractivity contribution is 7.85. The molecule has 0 amide bonds. The molecule has 2 N–H and O–H groups in total. The summed E-state index contributed by atoms with van der Waals surface area (Å²) in [7, 11) is -0.828. The molecule has 1 fully saturated rings. The molecule has 0 aromatic heterocycles. The van der Waals surface area contributed by atoms with Crippen LogP contribution in [0.5, 0.6) is 11.5 Å². The van der Waals surface area contributed by atoms with Crippen molar-refractivity contribution in [1.29, 1.82) is 0 Å². The topological polar surface area (TPSA) is 61.6 Å². The van der Waals surface area contributed by atoms with E-state index >= 15 is 0 Å². The summed E-state index contributed by atoms with van der Waals surface area (Å²) < 4.78 is 23.7. The van der Waals surface area contributed by atoms with Crippen LogP contribution in [0.2, 0.25) is 0 Å². The Bertz CT molecular complexity index is 514. The molecule has 0 radical (unpaired) electrons. The van der Waals surface area contributed by atoms with E-state index in [0.717, 1.165) is 36.3 Å². The molecule has 2 atom stereocenters. The molecule has 4 nitrogen and oxygen atoms in total. The van der Waals surface area contributed by atoms with Crippen molar-refractivity contribution >= 4 is 10.8 Å². The van der Waals surface area contributed by atoms with Gasteiger partial charge in [-0.15, -0.1) is 0 Å². The van der Waals surface area contributed by atoms with Gasteiger partial charge in [-0.05, 0) is 30.5 Å². The summed E-state index contributed by atoms with van der Waals surface area (Å²) in [5, 5.41) is 0.344. The lowest BCUT2D eigenvalue weighted by Crippen LogP contribution is -2.23. The van der Waals surface area contributed by atoms with E-state index in [1.807, 2.05) is 18.2 Å². The van der Waals surface area contributed by atoms with E-state index in [2.05, 4.69) is 0 Å². The van der Waals surface area contributed by atoms with Gasteiger partial charge in [0, 0.05) is 34.3 Å². The predicted molar refractivity (Wildman–Crippen MR) is 84.2 cm³/mol. The molecule has 1 aliphatic heterocycles. The molecule has 0 bridgehead atoms. The van der Waals surface area contributed by atoms with Crippen LogP contribution >= 0.6 is 0 Å². The van der Waals surface area contributed by atoms with E-state index in [1.165, 1.54) is 12.8 Å². The minimum atomic E-state index is -0.828. The van der Waals surface area contributed by atoms with Crippen molar-refractivity contribution < 1.29 is 13.7 Å². The first kappa shape index (κ1) is 14.9. The molecule has 1 aromatic rings. The third kappa shape index (κ3) is 3.58. The van der Waals surface area contributed by atoms with Crippen molar-refractivity contribution in [3.05, 3.63) is 23.8 Å². The zero-order chi connectivity index (χ0) is 14.7. The third-order valence-corrected chi connectivity index (χ3v) is 6.12. The first-order chi connectivity index (χ1) is 10.2. The Morgan fingerprint density at radius 1 is 1.14 bits per heavy atom. The summed E-state index contributed by atoms with van der Waals surface area (Å²) in [6.07, 6.45) is 5.47. The molecule has 0 saturated heterocycles. The molecule has 2 aliphatic rings. The zero-order valence-corrected chi connectivity index (χ0v) is 13.1. The van der Waals surface area contributed by atoms with Gasteiger partial charge < -0.3 is 15.2 Å². The number of hydrogen-bond donors (Lipinski definition) is 1. The van der Waals surface area contributed by atoms with Crippen molar-refractivity contribution in [3.63, 3.8) is 0 Å². The molecule has 0 spiro atoms. The molecule has 21 heavy (non-hydrogen) atoms. The Hall–Kier alpha value is -1.07. The van der Waals surface area contributed by atoms with Gasteiger partial charge in [-0.25, -0.2) is 0 Å². The maximum absolute atomic E-state index is 12.3. The Morgan fingerprint density at radius 2 is 1.86 bits per heavy atom. The van der Waals surface area contributed by atoms with Gasteiger partial charge in [-0.3, -0.25) is 4.21 Å². The molecule has 1 aliphatic carbocycles. The van der Waals surface area contributed by atoms with Crippen LogP contribution in [0, 0.1) is 0 Å². The number of nitrogens with two attached hydrogens (primary N) is 1. The first-order valence-corrected chi connectivity index (χ1v) is 9.14. The number of benzene rings is 1. The Kier molecular flexibility index (Phi) is 4.80. The quantitative estimate of drug-likeness (QED) is 0.928. The fourth-order valence-corrected chi connectivity index (χ4v) is 4.65. The lowest BCUT2D eigenvalue weighted by molar-refractivity contribution is 0.297. The van der Waals surface area contributed by atoms with Crippen molar-refractivity contribution in [3.8, 4) is 11.5 Å². The van der Waals surface area contributed by atoms with Crippen LogP contribution in [-0.4, -0.2) is 28.4 Å². The first-order valence-electron chi connectivity index (χ1n) is 7.76. The highest BCUT2D eigenvalue weighted by Crippen LogP contribution is 2.32. The SMILES string of the molecule is NC(CS(=O)C1CCCC1)c1ccc2c(c1)OCCCO2. The van der Waals surface area contributed by atoms with Gasteiger partial charge >= 0.3 is 0 Å². The monoisotopic (exact) mass is 309 g/mol. The molecule has 1 aromatic carbocycles. The average Bonchev–Trinajstić information content (AvgIpc) is 2.92. The summed E-state index contributed by atoms with van der Waals surface area (Å²) in [5.41, 5.74) is 7.22. The van der Waals surface area contributed by atoms with Gasteiger partial charge in [0.05, 0.1) is 13.2 Å². The minimum absolute atomic E-state index is 0.205. The van der Waals surface area contributed by atoms with E-state index in [-0.39, 0.29) is 6.04 Å². The lowest BCUT2D eigenvalue weighted by Gasteiger charge is -2.17. The van der Waals surface area contributed by atoms with Gasteiger partial charge in [-0.2, -0.15) is 0 Å². The fraction of sp³-hybridized carbons (Fsp3) is 0.625. The average molecular weight is 309 g/mol. The zero-order valence-electron chi connectivity index (χ0n) is 12.3. The summed E-state index contributed by atoms with van der Waals surface area (Å²) in [6, 6.07) is 5.61. The summed E-state index contributed by atoms with van der Waals surface area (Å²) in [6.45, 7) is 1.35. The molecule has 3 rings (SSSR count). The number of ether oxygens (including phenoxy) is 2. The van der Waals surface area contributed by atoms with E-state index in [4.69, 9.17) is 15.2 Å². The minimum Gasteiger partial charge on any atom is -0.490 e. The summed E-state index contributed by atoms with van der Waals surface area (Å²) >= 11 is 0. The van der Waals surface area contributed by atoms with Crippen LogP contribution in [0.1, 0.15) is 43.7 Å². The second-order valence-corrected chi connectivity index (χ2v) is 7.58. The van der Waals surface area contributed by atoms with E-state index < -0.39 is 10.8 Å². The molecule has 2 unspecified atom stereocenters. The largest absolute Gasteiger partial charge is 0.490 e. The van der Waals surface area contributed by atoms with Crippen LogP contribution in [0.3, 0.4) is 0 Å². The highest BCUT2D eigenvalue weighted by atomic mass is 32.2. The van der Waals surface area contributed by atoms with Crippen LogP contribution in [0.15, 0.2) is 18.2 Å². The predicted octanol–water partition coefficient (Wildman–Crippen LogP) is 2.54. The van der Waals surface area contributed by atoms with Gasteiger partial charge in [-0.1, -0.05) is 18.9 Å². The lowest BCUT2D eigenvalue weighted by atomic mass is 10.1. The van der Waals surface area contributed by atoms with Crippen molar-refractivity contribution in [2.24, 2.45) is 5.73 Å².